The van der Waals surface area contributed by atoms with Crippen LogP contribution in [0.15, 0.2) is 59.1 Å². The number of nitrogens with zero attached hydrogens (tertiary/aromatic N) is 1. The van der Waals surface area contributed by atoms with Crippen LogP contribution in [-0.2, 0) is 0 Å². The number of rotatable bonds is 3. The van der Waals surface area contributed by atoms with Gasteiger partial charge in [-0.1, -0.05) is 46.3 Å². The summed E-state index contributed by atoms with van der Waals surface area (Å²) in [5, 5.41) is 12.4. The molecule has 0 heterocycles. The van der Waals surface area contributed by atoms with Crippen molar-refractivity contribution >= 4 is 21.6 Å². The van der Waals surface area contributed by atoms with Gasteiger partial charge in [0, 0.05) is 10.2 Å². The predicted molar refractivity (Wildman–Crippen MR) is 72.6 cm³/mol. The molecule has 0 spiro atoms. The molecule has 0 aliphatic rings. The summed E-state index contributed by atoms with van der Waals surface area (Å²) in [7, 11) is 0. The number of benzene rings is 2. The third-order valence-corrected chi connectivity index (χ3v) is 2.95. The molecule has 0 aliphatic carbocycles. The predicted octanol–water partition coefficient (Wildman–Crippen LogP) is 4.13. The number of hydrogen-bond acceptors (Lipinski definition) is 2. The van der Waals surface area contributed by atoms with Crippen LogP contribution in [0.5, 0.6) is 0 Å². The van der Waals surface area contributed by atoms with Crippen molar-refractivity contribution in [2.24, 2.45) is 0 Å². The summed E-state index contributed by atoms with van der Waals surface area (Å²) in [5.41, 5.74) is 1.90. The van der Waals surface area contributed by atoms with Crippen LogP contribution in [0, 0.1) is 11.3 Å². The van der Waals surface area contributed by atoms with Gasteiger partial charge in [-0.15, -0.1) is 0 Å². The normalized spacial score (nSPS) is 11.5. The van der Waals surface area contributed by atoms with Crippen LogP contribution >= 0.6 is 15.9 Å². The first-order chi connectivity index (χ1) is 8.29. The van der Waals surface area contributed by atoms with Crippen molar-refractivity contribution in [2.75, 3.05) is 5.32 Å². The fourth-order valence-electron chi connectivity index (χ4n) is 1.55. The van der Waals surface area contributed by atoms with Gasteiger partial charge in [0.25, 0.3) is 0 Å². The van der Waals surface area contributed by atoms with E-state index < -0.39 is 0 Å². The maximum Gasteiger partial charge on any atom is 0.140 e. The Morgan fingerprint density at radius 2 is 1.65 bits per heavy atom. The zero-order valence-corrected chi connectivity index (χ0v) is 10.7. The van der Waals surface area contributed by atoms with E-state index in [1.807, 2.05) is 54.6 Å². The Bertz CT molecular complexity index is 514. The van der Waals surface area contributed by atoms with Crippen molar-refractivity contribution in [2.45, 2.75) is 6.04 Å². The molecule has 84 valence electrons. The van der Waals surface area contributed by atoms with Gasteiger partial charge in [-0.3, -0.25) is 0 Å². The molecule has 0 saturated carbocycles. The lowest BCUT2D eigenvalue weighted by atomic mass is 10.1. The molecule has 3 heteroatoms. The van der Waals surface area contributed by atoms with E-state index in [9.17, 15) is 5.26 Å². The molecule has 1 N–H and O–H groups in total. The highest BCUT2D eigenvalue weighted by Gasteiger charge is 2.09. The Kier molecular flexibility index (Phi) is 3.79. The molecule has 0 saturated heterocycles. The molecular weight excluding hydrogens is 276 g/mol. The van der Waals surface area contributed by atoms with Gasteiger partial charge in [0.05, 0.1) is 6.07 Å². The molecule has 2 aromatic rings. The first-order valence-electron chi connectivity index (χ1n) is 5.26. The molecule has 1 atom stereocenters. The van der Waals surface area contributed by atoms with Crippen molar-refractivity contribution in [3.63, 3.8) is 0 Å². The van der Waals surface area contributed by atoms with E-state index in [0.717, 1.165) is 15.7 Å². The highest BCUT2D eigenvalue weighted by molar-refractivity contribution is 9.10. The quantitative estimate of drug-likeness (QED) is 0.921. The summed E-state index contributed by atoms with van der Waals surface area (Å²) >= 11 is 3.38. The van der Waals surface area contributed by atoms with Gasteiger partial charge in [0.15, 0.2) is 0 Å². The molecule has 2 nitrogen and oxygen atoms in total. The highest BCUT2D eigenvalue weighted by atomic mass is 79.9. The van der Waals surface area contributed by atoms with Gasteiger partial charge in [-0.2, -0.15) is 5.26 Å². The van der Waals surface area contributed by atoms with Gasteiger partial charge in [-0.05, 0) is 29.8 Å². The fourth-order valence-corrected chi connectivity index (χ4v) is 1.81. The maximum atomic E-state index is 9.19. The van der Waals surface area contributed by atoms with Crippen molar-refractivity contribution in [1.29, 1.82) is 5.26 Å². The third kappa shape index (κ3) is 3.08. The zero-order valence-electron chi connectivity index (χ0n) is 9.10. The second kappa shape index (κ2) is 5.51. The lowest BCUT2D eigenvalue weighted by Crippen LogP contribution is -2.08. The van der Waals surface area contributed by atoms with Crippen LogP contribution in [0.1, 0.15) is 11.6 Å². The van der Waals surface area contributed by atoms with Crippen molar-refractivity contribution in [3.05, 3.63) is 64.6 Å². The minimum absolute atomic E-state index is 0.328. The van der Waals surface area contributed by atoms with Crippen molar-refractivity contribution in [3.8, 4) is 6.07 Å². The molecule has 2 aromatic carbocycles. The van der Waals surface area contributed by atoms with Crippen molar-refractivity contribution < 1.29 is 0 Å². The number of nitrogens with one attached hydrogen (secondary N) is 1. The zero-order chi connectivity index (χ0) is 12.1. The minimum atomic E-state index is -0.328. The highest BCUT2D eigenvalue weighted by Crippen LogP contribution is 2.20. The van der Waals surface area contributed by atoms with Crippen molar-refractivity contribution in [1.82, 2.24) is 0 Å². The summed E-state index contributed by atoms with van der Waals surface area (Å²) in [5.74, 6) is 0. The summed E-state index contributed by atoms with van der Waals surface area (Å²) < 4.78 is 1.01. The Balaban J connectivity index is 2.18. The first-order valence-corrected chi connectivity index (χ1v) is 6.05. The summed E-state index contributed by atoms with van der Waals surface area (Å²) in [6.07, 6.45) is 0. The Labute approximate surface area is 109 Å². The third-order valence-electron chi connectivity index (χ3n) is 2.42. The van der Waals surface area contributed by atoms with E-state index in [2.05, 4.69) is 27.3 Å². The molecule has 0 unspecified atom stereocenters. The fraction of sp³-hybridized carbons (Fsp3) is 0.0714. The average molecular weight is 287 g/mol. The number of anilines is 1. The molecule has 0 aromatic heterocycles. The first kappa shape index (κ1) is 11.7. The summed E-state index contributed by atoms with van der Waals surface area (Å²) in [6.45, 7) is 0. The topological polar surface area (TPSA) is 35.8 Å². The lowest BCUT2D eigenvalue weighted by Gasteiger charge is -2.13. The molecule has 0 fully saturated rings. The maximum absolute atomic E-state index is 9.19. The molecule has 17 heavy (non-hydrogen) atoms. The smallest absolute Gasteiger partial charge is 0.140 e. The lowest BCUT2D eigenvalue weighted by molar-refractivity contribution is 0.997. The van der Waals surface area contributed by atoms with Gasteiger partial charge in [0.1, 0.15) is 6.04 Å². The van der Waals surface area contributed by atoms with Crippen LogP contribution in [0.2, 0.25) is 0 Å². The van der Waals surface area contributed by atoms with E-state index in [4.69, 9.17) is 0 Å². The van der Waals surface area contributed by atoms with Crippen LogP contribution in [0.4, 0.5) is 5.69 Å². The SMILES string of the molecule is N#C[C@@H](Nc1ccccc1)c1ccc(Br)cc1. The van der Waals surface area contributed by atoms with Gasteiger partial charge in [0.2, 0.25) is 0 Å². The van der Waals surface area contributed by atoms with E-state index in [1.54, 1.807) is 0 Å². The second-order valence-electron chi connectivity index (χ2n) is 3.62. The van der Waals surface area contributed by atoms with Gasteiger partial charge < -0.3 is 5.32 Å². The van der Waals surface area contributed by atoms with E-state index in [0.29, 0.717) is 0 Å². The second-order valence-corrected chi connectivity index (χ2v) is 4.54. The Hall–Kier alpha value is -1.79. The standard InChI is InChI=1S/C14H11BrN2/c15-12-8-6-11(7-9-12)14(10-16)17-13-4-2-1-3-5-13/h1-9,14,17H/t14-/m1/s1. The Morgan fingerprint density at radius 1 is 1.00 bits per heavy atom. The van der Waals surface area contributed by atoms with Crippen LogP contribution in [0.3, 0.4) is 0 Å². The summed E-state index contributed by atoms with van der Waals surface area (Å²) in [4.78, 5) is 0. The Morgan fingerprint density at radius 3 is 2.24 bits per heavy atom. The van der Waals surface area contributed by atoms with Gasteiger partial charge in [-0.25, -0.2) is 0 Å². The molecular formula is C14H11BrN2. The molecule has 0 bridgehead atoms. The number of halogens is 1. The molecule has 0 aliphatic heterocycles. The van der Waals surface area contributed by atoms with Crippen LogP contribution in [0.25, 0.3) is 0 Å². The number of hydrogen-bond donors (Lipinski definition) is 1. The minimum Gasteiger partial charge on any atom is -0.366 e. The largest absolute Gasteiger partial charge is 0.366 e. The van der Waals surface area contributed by atoms with Crippen LogP contribution < -0.4 is 5.32 Å². The number of para-hydroxylation sites is 1. The molecule has 0 amide bonds. The van der Waals surface area contributed by atoms with E-state index >= 15 is 0 Å². The number of nitriles is 1. The van der Waals surface area contributed by atoms with Crippen LogP contribution in [-0.4, -0.2) is 0 Å². The molecule has 0 radical (unpaired) electrons. The molecule has 2 rings (SSSR count). The summed E-state index contributed by atoms with van der Waals surface area (Å²) in [6, 6.07) is 19.4. The average Bonchev–Trinajstić information content (AvgIpc) is 2.38. The van der Waals surface area contributed by atoms with Gasteiger partial charge >= 0.3 is 0 Å². The van der Waals surface area contributed by atoms with E-state index in [-0.39, 0.29) is 6.04 Å². The monoisotopic (exact) mass is 286 g/mol. The van der Waals surface area contributed by atoms with E-state index in [1.165, 1.54) is 0 Å².